The number of amides is 2. The van der Waals surface area contributed by atoms with E-state index >= 15 is 0 Å². The highest BCUT2D eigenvalue weighted by molar-refractivity contribution is 7.17. The highest BCUT2D eigenvalue weighted by atomic mass is 32.1. The molecular weight excluding hydrogens is 470 g/mol. The van der Waals surface area contributed by atoms with Crippen LogP contribution in [-0.2, 0) is 17.6 Å². The van der Waals surface area contributed by atoms with Crippen molar-refractivity contribution in [2.45, 2.75) is 38.2 Å². The van der Waals surface area contributed by atoms with Crippen molar-refractivity contribution < 1.29 is 28.3 Å². The summed E-state index contributed by atoms with van der Waals surface area (Å²) >= 11 is 1.46. The van der Waals surface area contributed by atoms with Gasteiger partial charge in [-0.05, 0) is 55.9 Å². The molecule has 1 fully saturated rings. The predicted molar refractivity (Wildman–Crippen MR) is 131 cm³/mol. The fraction of sp³-hybridized carbons (Fsp3) is 0.400. The second-order valence-corrected chi connectivity index (χ2v) is 9.61. The molecule has 0 spiro atoms. The van der Waals surface area contributed by atoms with Gasteiger partial charge in [0.15, 0.2) is 23.0 Å². The van der Waals surface area contributed by atoms with E-state index in [4.69, 9.17) is 18.7 Å². The topological polar surface area (TPSA) is 112 Å². The van der Waals surface area contributed by atoms with Gasteiger partial charge in [-0.1, -0.05) is 5.16 Å². The molecule has 1 aliphatic carbocycles. The number of nitrogens with zero attached hydrogens (tertiary/aromatic N) is 1. The van der Waals surface area contributed by atoms with Gasteiger partial charge < -0.3 is 29.4 Å². The molecule has 5 rings (SSSR count). The Balaban J connectivity index is 1.33. The van der Waals surface area contributed by atoms with Crippen molar-refractivity contribution >= 4 is 28.2 Å². The molecule has 2 amide bonds. The van der Waals surface area contributed by atoms with Gasteiger partial charge >= 0.3 is 0 Å². The van der Waals surface area contributed by atoms with Crippen LogP contribution in [0.2, 0.25) is 0 Å². The van der Waals surface area contributed by atoms with Crippen molar-refractivity contribution in [2.24, 2.45) is 0 Å². The zero-order valence-corrected chi connectivity index (χ0v) is 20.5. The van der Waals surface area contributed by atoms with E-state index in [0.717, 1.165) is 49.2 Å². The Bertz CT molecular complexity index is 1240. The molecule has 2 aliphatic rings. The number of carbonyl (C=O) groups excluding carboxylic acids is 2. The lowest BCUT2D eigenvalue weighted by Gasteiger charge is -2.12. The summed E-state index contributed by atoms with van der Waals surface area (Å²) in [5.41, 5.74) is 2.39. The minimum Gasteiger partial charge on any atom is -0.493 e. The SMILES string of the molecule is COc1ccc(-c2cc(C(=O)Nc3sc4c(c3C(=O)NC[C@@H]3CCCO3)CCC4)no2)cc1OC. The van der Waals surface area contributed by atoms with E-state index in [1.54, 1.807) is 38.5 Å². The average molecular weight is 498 g/mol. The number of carbonyl (C=O) groups is 2. The summed E-state index contributed by atoms with van der Waals surface area (Å²) in [5.74, 6) is 0.929. The highest BCUT2D eigenvalue weighted by Crippen LogP contribution is 2.39. The molecule has 0 radical (unpaired) electrons. The number of benzene rings is 1. The first kappa shape index (κ1) is 23.4. The van der Waals surface area contributed by atoms with Gasteiger partial charge in [-0.3, -0.25) is 9.59 Å². The molecule has 9 nitrogen and oxygen atoms in total. The van der Waals surface area contributed by atoms with Gasteiger partial charge in [0.25, 0.3) is 11.8 Å². The first-order chi connectivity index (χ1) is 17.1. The zero-order valence-electron chi connectivity index (χ0n) is 19.6. The lowest BCUT2D eigenvalue weighted by atomic mass is 10.1. The van der Waals surface area contributed by atoms with Crippen molar-refractivity contribution in [2.75, 3.05) is 32.7 Å². The Morgan fingerprint density at radius 2 is 1.97 bits per heavy atom. The second-order valence-electron chi connectivity index (χ2n) is 8.51. The lowest BCUT2D eigenvalue weighted by molar-refractivity contribution is 0.0858. The number of hydrogen-bond donors (Lipinski definition) is 2. The number of thiophene rings is 1. The van der Waals surface area contributed by atoms with Gasteiger partial charge in [-0.2, -0.15) is 0 Å². The monoisotopic (exact) mass is 497 g/mol. The van der Waals surface area contributed by atoms with Crippen LogP contribution in [0.3, 0.4) is 0 Å². The third kappa shape index (κ3) is 4.76. The summed E-state index contributed by atoms with van der Waals surface area (Å²) < 4.78 is 21.6. The van der Waals surface area contributed by atoms with Crippen LogP contribution >= 0.6 is 11.3 Å². The normalized spacial score (nSPS) is 16.7. The Hall–Kier alpha value is -3.37. The van der Waals surface area contributed by atoms with Gasteiger partial charge in [-0.25, -0.2) is 0 Å². The number of aromatic nitrogens is 1. The summed E-state index contributed by atoms with van der Waals surface area (Å²) in [6.45, 7) is 1.20. The van der Waals surface area contributed by atoms with E-state index in [1.165, 1.54) is 11.3 Å². The van der Waals surface area contributed by atoms with Gasteiger partial charge in [0, 0.05) is 29.7 Å². The van der Waals surface area contributed by atoms with Crippen LogP contribution in [0.4, 0.5) is 5.00 Å². The summed E-state index contributed by atoms with van der Waals surface area (Å²) in [6, 6.07) is 6.87. The van der Waals surface area contributed by atoms with Crippen LogP contribution in [0.25, 0.3) is 11.3 Å². The van der Waals surface area contributed by atoms with Crippen molar-refractivity contribution in [3.8, 4) is 22.8 Å². The molecule has 0 bridgehead atoms. The molecule has 0 unspecified atom stereocenters. The maximum absolute atomic E-state index is 13.1. The first-order valence-electron chi connectivity index (χ1n) is 11.6. The molecule has 3 aromatic rings. The Kier molecular flexibility index (Phi) is 6.74. The van der Waals surface area contributed by atoms with E-state index in [9.17, 15) is 9.59 Å². The molecular formula is C25H27N3O6S. The molecule has 0 saturated carbocycles. The largest absolute Gasteiger partial charge is 0.493 e. The number of anilines is 1. The minimum absolute atomic E-state index is 0.0498. The lowest BCUT2D eigenvalue weighted by Crippen LogP contribution is -2.32. The standard InChI is InChI=1S/C25H27N3O6S/c1-31-18-9-8-14(11-20(18)32-2)19-12-17(28-34-19)23(29)27-25-22(16-6-3-7-21(16)35-25)24(30)26-13-15-5-4-10-33-15/h8-9,11-12,15H,3-7,10,13H2,1-2H3,(H,26,30)(H,27,29)/t15-/m0/s1. The molecule has 1 saturated heterocycles. The van der Waals surface area contributed by atoms with Crippen molar-refractivity contribution in [1.82, 2.24) is 10.5 Å². The van der Waals surface area contributed by atoms with Crippen LogP contribution < -0.4 is 20.1 Å². The fourth-order valence-electron chi connectivity index (χ4n) is 4.51. The van der Waals surface area contributed by atoms with Crippen LogP contribution in [0.5, 0.6) is 11.5 Å². The molecule has 2 aromatic heterocycles. The number of nitrogens with one attached hydrogen (secondary N) is 2. The fourth-order valence-corrected chi connectivity index (χ4v) is 5.79. The Morgan fingerprint density at radius 3 is 2.74 bits per heavy atom. The van der Waals surface area contributed by atoms with Gasteiger partial charge in [-0.15, -0.1) is 11.3 Å². The van der Waals surface area contributed by atoms with E-state index in [0.29, 0.717) is 39.9 Å². The van der Waals surface area contributed by atoms with Crippen LogP contribution in [0.15, 0.2) is 28.8 Å². The molecule has 3 heterocycles. The second kappa shape index (κ2) is 10.1. The van der Waals surface area contributed by atoms with Gasteiger partial charge in [0.1, 0.15) is 5.00 Å². The Morgan fingerprint density at radius 1 is 1.11 bits per heavy atom. The molecule has 1 aliphatic heterocycles. The van der Waals surface area contributed by atoms with Gasteiger partial charge in [0.2, 0.25) is 0 Å². The number of hydrogen-bond acceptors (Lipinski definition) is 8. The zero-order chi connectivity index (χ0) is 24.4. The number of aryl methyl sites for hydroxylation is 1. The van der Waals surface area contributed by atoms with E-state index in [1.807, 2.05) is 0 Å². The van der Waals surface area contributed by atoms with Crippen LogP contribution in [0.1, 0.15) is 50.5 Å². The predicted octanol–water partition coefficient (Wildman–Crippen LogP) is 4.07. The number of methoxy groups -OCH3 is 2. The molecule has 35 heavy (non-hydrogen) atoms. The quantitative estimate of drug-likeness (QED) is 0.482. The smallest absolute Gasteiger partial charge is 0.278 e. The van der Waals surface area contributed by atoms with E-state index in [-0.39, 0.29) is 17.7 Å². The minimum atomic E-state index is -0.437. The summed E-state index contributed by atoms with van der Waals surface area (Å²) in [7, 11) is 3.11. The first-order valence-corrected chi connectivity index (χ1v) is 12.4. The number of ether oxygens (including phenoxy) is 3. The highest BCUT2D eigenvalue weighted by Gasteiger charge is 2.29. The van der Waals surface area contributed by atoms with Gasteiger partial charge in [0.05, 0.1) is 25.9 Å². The molecule has 1 aromatic carbocycles. The average Bonchev–Trinajstić information content (AvgIpc) is 3.67. The maximum atomic E-state index is 13.1. The summed E-state index contributed by atoms with van der Waals surface area (Å²) in [5, 5.41) is 10.4. The summed E-state index contributed by atoms with van der Waals surface area (Å²) in [4.78, 5) is 27.3. The van der Waals surface area contributed by atoms with Crippen LogP contribution in [0, 0.1) is 0 Å². The molecule has 2 N–H and O–H groups in total. The number of rotatable bonds is 8. The van der Waals surface area contributed by atoms with E-state index < -0.39 is 5.91 Å². The van der Waals surface area contributed by atoms with Crippen LogP contribution in [-0.4, -0.2) is 50.4 Å². The maximum Gasteiger partial charge on any atom is 0.278 e. The van der Waals surface area contributed by atoms with Crippen molar-refractivity contribution in [1.29, 1.82) is 0 Å². The van der Waals surface area contributed by atoms with Crippen molar-refractivity contribution in [3.05, 3.63) is 46.0 Å². The summed E-state index contributed by atoms with van der Waals surface area (Å²) in [6.07, 6.45) is 4.76. The third-order valence-electron chi connectivity index (χ3n) is 6.30. The third-order valence-corrected chi connectivity index (χ3v) is 7.51. The molecule has 184 valence electrons. The number of fused-ring (bicyclic) bond motifs is 1. The molecule has 1 atom stereocenters. The van der Waals surface area contributed by atoms with Crippen molar-refractivity contribution in [3.63, 3.8) is 0 Å². The molecule has 10 heteroatoms. The Labute approximate surface area is 206 Å². The van der Waals surface area contributed by atoms with E-state index in [2.05, 4.69) is 15.8 Å².